The highest BCUT2D eigenvalue weighted by atomic mass is 79.9. The Hall–Kier alpha value is -2.12. The highest BCUT2D eigenvalue weighted by Gasteiger charge is 2.13. The van der Waals surface area contributed by atoms with Crippen LogP contribution in [0.3, 0.4) is 0 Å². The second kappa shape index (κ2) is 20.7. The summed E-state index contributed by atoms with van der Waals surface area (Å²) in [5.41, 5.74) is 4.25. The molecule has 1 amide bonds. The molecule has 0 spiro atoms. The lowest BCUT2D eigenvalue weighted by molar-refractivity contribution is -0.115. The summed E-state index contributed by atoms with van der Waals surface area (Å²) in [4.78, 5) is 15.0. The molecule has 1 heterocycles. The monoisotopic (exact) mass is 646 g/mol. The second-order valence-corrected chi connectivity index (χ2v) is 11.7. The van der Waals surface area contributed by atoms with Crippen molar-refractivity contribution in [2.75, 3.05) is 24.9 Å². The number of anilines is 1. The van der Waals surface area contributed by atoms with Gasteiger partial charge in [-0.25, -0.2) is 0 Å². The van der Waals surface area contributed by atoms with Crippen LogP contribution in [0.4, 0.5) is 5.69 Å². The number of thioether (sulfide) groups is 1. The van der Waals surface area contributed by atoms with Gasteiger partial charge < -0.3 is 19.7 Å². The molecule has 0 bridgehead atoms. The number of carbonyl (C=O) groups excluding carboxylic acids is 1. The summed E-state index contributed by atoms with van der Waals surface area (Å²) < 4.78 is 11.6. The average Bonchev–Trinajstić information content (AvgIpc) is 3.36. The number of methoxy groups -OCH3 is 1. The minimum absolute atomic E-state index is 0. The predicted molar refractivity (Wildman–Crippen MR) is 180 cm³/mol. The predicted octanol–water partition coefficient (Wildman–Crippen LogP) is 9.90. The van der Waals surface area contributed by atoms with E-state index in [0.29, 0.717) is 12.4 Å². The molecule has 0 unspecified atom stereocenters. The number of unbranched alkanes of at least 4 members (excludes halogenated alkanes) is 11. The van der Waals surface area contributed by atoms with Crippen LogP contribution in [0.15, 0.2) is 53.6 Å². The fourth-order valence-corrected chi connectivity index (χ4v) is 5.91. The maximum absolute atomic E-state index is 12.7. The van der Waals surface area contributed by atoms with Crippen molar-refractivity contribution in [1.82, 2.24) is 4.90 Å². The first-order chi connectivity index (χ1) is 19.6. The number of allylic oxidation sites excluding steroid dienone is 1. The molecule has 0 saturated heterocycles. The molecule has 5 nitrogen and oxygen atoms in total. The summed E-state index contributed by atoms with van der Waals surface area (Å²) in [6.07, 6.45) is 16.2. The van der Waals surface area contributed by atoms with Crippen molar-refractivity contribution in [3.05, 3.63) is 64.7 Å². The minimum Gasteiger partial charge on any atom is -0.493 e. The van der Waals surface area contributed by atoms with Crippen LogP contribution in [-0.4, -0.2) is 30.4 Å². The molecule has 0 aliphatic carbocycles. The Balaban J connectivity index is 0.00000588. The van der Waals surface area contributed by atoms with Crippen LogP contribution in [0.5, 0.6) is 11.5 Å². The van der Waals surface area contributed by atoms with Gasteiger partial charge in [-0.2, -0.15) is 0 Å². The van der Waals surface area contributed by atoms with Crippen LogP contribution in [0, 0.1) is 0 Å². The van der Waals surface area contributed by atoms with Gasteiger partial charge in [0.2, 0.25) is 5.91 Å². The Kier molecular flexibility index (Phi) is 17.7. The van der Waals surface area contributed by atoms with Crippen molar-refractivity contribution < 1.29 is 14.3 Å². The van der Waals surface area contributed by atoms with Gasteiger partial charge in [-0.3, -0.25) is 4.79 Å². The summed E-state index contributed by atoms with van der Waals surface area (Å²) in [6.45, 7) is 5.99. The highest BCUT2D eigenvalue weighted by Crippen LogP contribution is 2.29. The van der Waals surface area contributed by atoms with Crippen LogP contribution in [0.1, 0.15) is 102 Å². The van der Waals surface area contributed by atoms with E-state index in [2.05, 4.69) is 41.6 Å². The fraction of sp³-hybridized carbons (Fsp3) is 0.559. The molecule has 1 aliphatic rings. The van der Waals surface area contributed by atoms with E-state index in [4.69, 9.17) is 9.47 Å². The number of ether oxygens (including phenoxy) is 2. The first-order valence-corrected chi connectivity index (χ1v) is 16.4. The quantitative estimate of drug-likeness (QED) is 0.145. The van der Waals surface area contributed by atoms with E-state index >= 15 is 0 Å². The molecule has 1 aliphatic heterocycles. The summed E-state index contributed by atoms with van der Waals surface area (Å²) in [5.74, 6) is 2.37. The van der Waals surface area contributed by atoms with Gasteiger partial charge in [0.05, 0.1) is 26.0 Å². The van der Waals surface area contributed by atoms with Crippen molar-refractivity contribution in [3.8, 4) is 11.5 Å². The smallest absolute Gasteiger partial charge is 0.228 e. The van der Waals surface area contributed by atoms with Crippen molar-refractivity contribution in [1.29, 1.82) is 0 Å². The third-order valence-electron chi connectivity index (χ3n) is 7.44. The van der Waals surface area contributed by atoms with E-state index in [1.54, 1.807) is 7.11 Å². The van der Waals surface area contributed by atoms with E-state index in [9.17, 15) is 4.79 Å². The van der Waals surface area contributed by atoms with E-state index in [1.807, 2.05) is 42.1 Å². The SMILES string of the molecule is Br.CCCCCCCCCCCCCCOc1ccc(CC(=O)Nc2ccc(CN3CSC=C3C)cc2)cc1OC. The average molecular weight is 648 g/mol. The van der Waals surface area contributed by atoms with Gasteiger partial charge in [0, 0.05) is 17.9 Å². The zero-order valence-electron chi connectivity index (χ0n) is 25.4. The lowest BCUT2D eigenvalue weighted by Gasteiger charge is -2.19. The molecule has 228 valence electrons. The molecule has 0 radical (unpaired) electrons. The Morgan fingerprint density at radius 3 is 2.05 bits per heavy atom. The summed E-state index contributed by atoms with van der Waals surface area (Å²) in [6, 6.07) is 13.9. The lowest BCUT2D eigenvalue weighted by atomic mass is 10.1. The van der Waals surface area contributed by atoms with Crippen LogP contribution >= 0.6 is 28.7 Å². The largest absolute Gasteiger partial charge is 0.493 e. The molecule has 3 rings (SSSR count). The molecule has 1 N–H and O–H groups in total. The van der Waals surface area contributed by atoms with Crippen LogP contribution < -0.4 is 14.8 Å². The van der Waals surface area contributed by atoms with Gasteiger partial charge in [-0.05, 0) is 54.1 Å². The van der Waals surface area contributed by atoms with Crippen molar-refractivity contribution in [2.45, 2.75) is 104 Å². The third-order valence-corrected chi connectivity index (χ3v) is 8.41. The minimum atomic E-state index is -0.0466. The number of nitrogens with one attached hydrogen (secondary N) is 1. The topological polar surface area (TPSA) is 50.8 Å². The number of hydrogen-bond donors (Lipinski definition) is 1. The molecule has 2 aromatic rings. The van der Waals surface area contributed by atoms with Gasteiger partial charge >= 0.3 is 0 Å². The Morgan fingerprint density at radius 1 is 0.854 bits per heavy atom. The number of hydrogen-bond acceptors (Lipinski definition) is 5. The zero-order chi connectivity index (χ0) is 28.4. The molecular formula is C34H51BrN2O3S. The molecule has 0 aromatic heterocycles. The zero-order valence-corrected chi connectivity index (χ0v) is 28.0. The van der Waals surface area contributed by atoms with Gasteiger partial charge in [0.25, 0.3) is 0 Å². The molecule has 0 saturated carbocycles. The van der Waals surface area contributed by atoms with Crippen molar-refractivity contribution in [3.63, 3.8) is 0 Å². The number of amides is 1. The standard InChI is InChI=1S/C34H50N2O3S.BrH/c1-4-5-6-7-8-9-10-11-12-13-14-15-22-39-32-21-18-30(23-33(32)38-3)24-34(37)35-31-19-16-29(17-20-31)25-36-27-40-26-28(36)2;/h16-21,23,26H,4-15,22,24-25,27H2,1-3H3,(H,35,37);1H. The number of carbonyl (C=O) groups is 1. The normalized spacial score (nSPS) is 12.6. The van der Waals surface area contributed by atoms with Crippen molar-refractivity contribution >= 4 is 40.3 Å². The first kappa shape index (κ1) is 35.1. The molecule has 0 fully saturated rings. The number of halogens is 1. The van der Waals surface area contributed by atoms with E-state index < -0.39 is 0 Å². The summed E-state index contributed by atoms with van der Waals surface area (Å²) in [7, 11) is 1.65. The van der Waals surface area contributed by atoms with Gasteiger partial charge in [0.1, 0.15) is 0 Å². The number of benzene rings is 2. The summed E-state index contributed by atoms with van der Waals surface area (Å²) in [5, 5.41) is 5.21. The first-order valence-electron chi connectivity index (χ1n) is 15.3. The molecule has 41 heavy (non-hydrogen) atoms. The van der Waals surface area contributed by atoms with Crippen LogP contribution in [0.25, 0.3) is 0 Å². The Bertz CT molecular complexity index is 1040. The summed E-state index contributed by atoms with van der Waals surface area (Å²) >= 11 is 1.83. The number of nitrogens with zero attached hydrogens (tertiary/aromatic N) is 1. The van der Waals surface area contributed by atoms with E-state index in [0.717, 1.165) is 35.8 Å². The van der Waals surface area contributed by atoms with Gasteiger partial charge in [-0.1, -0.05) is 95.8 Å². The molecule has 2 aromatic carbocycles. The highest BCUT2D eigenvalue weighted by molar-refractivity contribution is 8.93. The van der Waals surface area contributed by atoms with Crippen molar-refractivity contribution in [2.24, 2.45) is 0 Å². The van der Waals surface area contributed by atoms with Gasteiger partial charge in [-0.15, -0.1) is 28.7 Å². The van der Waals surface area contributed by atoms with Crippen LogP contribution in [0.2, 0.25) is 0 Å². The van der Waals surface area contributed by atoms with Gasteiger partial charge in [0.15, 0.2) is 11.5 Å². The molecular weight excluding hydrogens is 596 g/mol. The maximum atomic E-state index is 12.7. The Labute approximate surface area is 263 Å². The lowest BCUT2D eigenvalue weighted by Crippen LogP contribution is -2.17. The fourth-order valence-electron chi connectivity index (χ4n) is 4.97. The second-order valence-electron chi connectivity index (χ2n) is 10.9. The molecule has 0 atom stereocenters. The third kappa shape index (κ3) is 13.6. The number of rotatable bonds is 20. The van der Waals surface area contributed by atoms with E-state index in [-0.39, 0.29) is 29.3 Å². The maximum Gasteiger partial charge on any atom is 0.228 e. The van der Waals surface area contributed by atoms with Crippen LogP contribution in [-0.2, 0) is 17.8 Å². The Morgan fingerprint density at radius 2 is 1.46 bits per heavy atom. The van der Waals surface area contributed by atoms with E-state index in [1.165, 1.54) is 81.9 Å². The molecule has 7 heteroatoms.